The van der Waals surface area contributed by atoms with Crippen LogP contribution in [0, 0.1) is 0 Å². The van der Waals surface area contributed by atoms with E-state index in [2.05, 4.69) is 10.3 Å². The van der Waals surface area contributed by atoms with Crippen molar-refractivity contribution in [1.82, 2.24) is 19.8 Å². The van der Waals surface area contributed by atoms with Gasteiger partial charge in [0.15, 0.2) is 11.5 Å². The second-order valence-electron chi connectivity index (χ2n) is 5.77. The number of carbonyl (C=O) groups is 1. The van der Waals surface area contributed by atoms with E-state index >= 15 is 0 Å². The van der Waals surface area contributed by atoms with Crippen LogP contribution in [-0.4, -0.2) is 32.3 Å². The molecule has 1 fully saturated rings. The first-order valence-corrected chi connectivity index (χ1v) is 7.69. The minimum atomic E-state index is -4.55. The molecule has 1 amide bonds. The molecule has 0 aliphatic carbocycles. The Morgan fingerprint density at radius 3 is 2.75 bits per heavy atom. The van der Waals surface area contributed by atoms with Crippen LogP contribution in [0.15, 0.2) is 16.7 Å². The SMILES string of the molecule is CCc1cc([C@H]2CCCN2C(=O)c2cc(C(F)(F)F)n(C)n2)on1. The molecule has 0 aromatic carbocycles. The van der Waals surface area contributed by atoms with Gasteiger partial charge in [0.2, 0.25) is 0 Å². The molecule has 24 heavy (non-hydrogen) atoms. The largest absolute Gasteiger partial charge is 0.433 e. The summed E-state index contributed by atoms with van der Waals surface area (Å²) in [7, 11) is 1.17. The Morgan fingerprint density at radius 2 is 2.17 bits per heavy atom. The number of likely N-dealkylation sites (tertiary alicyclic amines) is 1. The quantitative estimate of drug-likeness (QED) is 0.860. The van der Waals surface area contributed by atoms with Crippen LogP contribution in [0.3, 0.4) is 0 Å². The van der Waals surface area contributed by atoms with Gasteiger partial charge in [0.25, 0.3) is 5.91 Å². The second-order valence-corrected chi connectivity index (χ2v) is 5.77. The van der Waals surface area contributed by atoms with Crippen LogP contribution in [0.5, 0.6) is 0 Å². The third-order valence-corrected chi connectivity index (χ3v) is 4.17. The van der Waals surface area contributed by atoms with Crippen LogP contribution in [0.1, 0.15) is 53.4 Å². The summed E-state index contributed by atoms with van der Waals surface area (Å²) in [6, 6.07) is 2.26. The third-order valence-electron chi connectivity index (χ3n) is 4.17. The first-order valence-electron chi connectivity index (χ1n) is 7.69. The van der Waals surface area contributed by atoms with Gasteiger partial charge in [-0.3, -0.25) is 9.48 Å². The lowest BCUT2D eigenvalue weighted by atomic mass is 10.1. The van der Waals surface area contributed by atoms with E-state index in [0.29, 0.717) is 29.8 Å². The van der Waals surface area contributed by atoms with Gasteiger partial charge >= 0.3 is 6.18 Å². The zero-order valence-electron chi connectivity index (χ0n) is 13.3. The molecule has 0 bridgehead atoms. The monoisotopic (exact) mass is 342 g/mol. The Labute approximate surface area is 136 Å². The molecule has 0 unspecified atom stereocenters. The van der Waals surface area contributed by atoms with Crippen LogP contribution in [0.25, 0.3) is 0 Å². The van der Waals surface area contributed by atoms with Crippen molar-refractivity contribution in [3.05, 3.63) is 35.0 Å². The van der Waals surface area contributed by atoms with E-state index in [4.69, 9.17) is 4.52 Å². The Kier molecular flexibility index (Phi) is 4.10. The summed E-state index contributed by atoms with van der Waals surface area (Å²) in [5, 5.41) is 7.65. The highest BCUT2D eigenvalue weighted by molar-refractivity contribution is 5.93. The van der Waals surface area contributed by atoms with Crippen molar-refractivity contribution < 1.29 is 22.5 Å². The van der Waals surface area contributed by atoms with Gasteiger partial charge in [0, 0.05) is 25.7 Å². The van der Waals surface area contributed by atoms with Gasteiger partial charge in [-0.05, 0) is 19.3 Å². The topological polar surface area (TPSA) is 64.2 Å². The van der Waals surface area contributed by atoms with Crippen molar-refractivity contribution in [2.45, 2.75) is 38.4 Å². The molecule has 6 nitrogen and oxygen atoms in total. The lowest BCUT2D eigenvalue weighted by Crippen LogP contribution is -2.30. The van der Waals surface area contributed by atoms with Crippen LogP contribution in [0.4, 0.5) is 13.2 Å². The van der Waals surface area contributed by atoms with Crippen molar-refractivity contribution in [2.24, 2.45) is 7.05 Å². The van der Waals surface area contributed by atoms with Crippen LogP contribution < -0.4 is 0 Å². The number of hydrogen-bond acceptors (Lipinski definition) is 4. The van der Waals surface area contributed by atoms with Crippen molar-refractivity contribution in [1.29, 1.82) is 0 Å². The minimum Gasteiger partial charge on any atom is -0.359 e. The Bertz CT molecular complexity index is 750. The number of halogens is 3. The molecular formula is C15H17F3N4O2. The number of carbonyl (C=O) groups excluding carboxylic acids is 1. The normalized spacial score (nSPS) is 18.4. The van der Waals surface area contributed by atoms with Gasteiger partial charge in [-0.25, -0.2) is 0 Å². The Balaban J connectivity index is 1.86. The van der Waals surface area contributed by atoms with Gasteiger partial charge in [-0.15, -0.1) is 0 Å². The molecule has 2 aromatic heterocycles. The second kappa shape index (κ2) is 5.95. The molecular weight excluding hydrogens is 325 g/mol. The van der Waals surface area contributed by atoms with E-state index in [1.807, 2.05) is 6.92 Å². The summed E-state index contributed by atoms with van der Waals surface area (Å²) in [6.45, 7) is 2.38. The maximum atomic E-state index is 12.9. The number of aromatic nitrogens is 3. The summed E-state index contributed by atoms with van der Waals surface area (Å²) in [5.41, 5.74) is -0.386. The van der Waals surface area contributed by atoms with E-state index in [0.717, 1.165) is 18.2 Å². The highest BCUT2D eigenvalue weighted by Gasteiger charge is 2.38. The van der Waals surface area contributed by atoms with Crippen molar-refractivity contribution >= 4 is 5.91 Å². The molecule has 0 radical (unpaired) electrons. The van der Waals surface area contributed by atoms with Crippen molar-refractivity contribution in [3.63, 3.8) is 0 Å². The van der Waals surface area contributed by atoms with Crippen molar-refractivity contribution in [2.75, 3.05) is 6.54 Å². The first kappa shape index (κ1) is 16.5. The molecule has 0 N–H and O–H groups in total. The van der Waals surface area contributed by atoms with E-state index in [-0.39, 0.29) is 11.7 Å². The van der Waals surface area contributed by atoms with Gasteiger partial charge < -0.3 is 9.42 Å². The summed E-state index contributed by atoms with van der Waals surface area (Å²) in [4.78, 5) is 14.1. The predicted octanol–water partition coefficient (Wildman–Crippen LogP) is 2.97. The summed E-state index contributed by atoms with van der Waals surface area (Å²) < 4.78 is 44.6. The van der Waals surface area contributed by atoms with E-state index in [9.17, 15) is 18.0 Å². The van der Waals surface area contributed by atoms with E-state index in [1.54, 1.807) is 6.07 Å². The summed E-state index contributed by atoms with van der Waals surface area (Å²) in [6.07, 6.45) is -2.41. The Hall–Kier alpha value is -2.32. The molecule has 1 aliphatic heterocycles. The van der Waals surface area contributed by atoms with Crippen LogP contribution in [-0.2, 0) is 19.6 Å². The molecule has 1 saturated heterocycles. The number of rotatable bonds is 3. The van der Waals surface area contributed by atoms with Gasteiger partial charge in [-0.1, -0.05) is 12.1 Å². The highest BCUT2D eigenvalue weighted by Crippen LogP contribution is 2.34. The smallest absolute Gasteiger partial charge is 0.359 e. The number of hydrogen-bond donors (Lipinski definition) is 0. The maximum Gasteiger partial charge on any atom is 0.433 e. The average molecular weight is 342 g/mol. The molecule has 0 spiro atoms. The molecule has 3 heterocycles. The lowest BCUT2D eigenvalue weighted by Gasteiger charge is -2.21. The standard InChI is InChI=1S/C15H17F3N4O2/c1-3-9-7-12(24-20-9)11-5-4-6-22(11)14(23)10-8-13(15(16,17)18)21(2)19-10/h7-8,11H,3-6H2,1-2H3/t11-/m1/s1. The number of nitrogens with zero attached hydrogens (tertiary/aromatic N) is 4. The molecule has 0 saturated carbocycles. The molecule has 130 valence electrons. The summed E-state index contributed by atoms with van der Waals surface area (Å²) >= 11 is 0. The zero-order valence-corrected chi connectivity index (χ0v) is 13.3. The Morgan fingerprint density at radius 1 is 1.42 bits per heavy atom. The molecule has 2 aromatic rings. The molecule has 1 atom stereocenters. The van der Waals surface area contributed by atoms with Crippen LogP contribution >= 0.6 is 0 Å². The maximum absolute atomic E-state index is 12.9. The third kappa shape index (κ3) is 2.90. The van der Waals surface area contributed by atoms with Gasteiger partial charge in [0.05, 0.1) is 11.7 Å². The van der Waals surface area contributed by atoms with Crippen LogP contribution in [0.2, 0.25) is 0 Å². The molecule has 3 rings (SSSR count). The highest BCUT2D eigenvalue weighted by atomic mass is 19.4. The number of aryl methyl sites for hydroxylation is 2. The predicted molar refractivity (Wildman–Crippen MR) is 77.1 cm³/mol. The molecule has 9 heteroatoms. The van der Waals surface area contributed by atoms with Gasteiger partial charge in [0.1, 0.15) is 5.69 Å². The molecule has 1 aliphatic rings. The van der Waals surface area contributed by atoms with Gasteiger partial charge in [-0.2, -0.15) is 18.3 Å². The number of amides is 1. The lowest BCUT2D eigenvalue weighted by molar-refractivity contribution is -0.143. The van der Waals surface area contributed by atoms with E-state index in [1.165, 1.54) is 11.9 Å². The average Bonchev–Trinajstić information content (AvgIpc) is 3.23. The van der Waals surface area contributed by atoms with Crippen molar-refractivity contribution in [3.8, 4) is 0 Å². The van der Waals surface area contributed by atoms with E-state index < -0.39 is 17.8 Å². The first-order chi connectivity index (χ1) is 11.3. The minimum absolute atomic E-state index is 0.216. The fraction of sp³-hybridized carbons (Fsp3) is 0.533. The fourth-order valence-corrected chi connectivity index (χ4v) is 2.94. The fourth-order valence-electron chi connectivity index (χ4n) is 2.94. The summed E-state index contributed by atoms with van der Waals surface area (Å²) in [5.74, 6) is 0.0303. The number of alkyl halides is 3. The zero-order chi connectivity index (χ0) is 17.5.